The van der Waals surface area contributed by atoms with Gasteiger partial charge in [0.2, 0.25) is 5.88 Å². The second kappa shape index (κ2) is 9.95. The van der Waals surface area contributed by atoms with Crippen molar-refractivity contribution in [1.82, 2.24) is 4.98 Å². The number of carbonyl (C=O) groups excluding carboxylic acids is 1. The molecule has 1 aromatic heterocycles. The van der Waals surface area contributed by atoms with Gasteiger partial charge in [0.15, 0.2) is 15.8 Å². The van der Waals surface area contributed by atoms with Gasteiger partial charge in [0, 0.05) is 12.1 Å². The summed E-state index contributed by atoms with van der Waals surface area (Å²) < 4.78 is 50.4. The van der Waals surface area contributed by atoms with E-state index < -0.39 is 22.6 Å². The van der Waals surface area contributed by atoms with Crippen LogP contribution < -0.4 is 14.4 Å². The largest absolute Gasteiger partial charge is 0.493 e. The van der Waals surface area contributed by atoms with Crippen molar-refractivity contribution >= 4 is 51.7 Å². The summed E-state index contributed by atoms with van der Waals surface area (Å²) in [5.41, 5.74) is -0.513. The summed E-state index contributed by atoms with van der Waals surface area (Å²) in [5, 5.41) is 10.8. The number of anilines is 1. The van der Waals surface area contributed by atoms with Crippen molar-refractivity contribution in [2.45, 2.75) is 6.18 Å². The highest BCUT2D eigenvalue weighted by Gasteiger charge is 2.36. The van der Waals surface area contributed by atoms with Crippen LogP contribution in [-0.2, 0) is 11.0 Å². The molecule has 2 aromatic carbocycles. The van der Waals surface area contributed by atoms with Gasteiger partial charge in [-0.15, -0.1) is 0 Å². The van der Waals surface area contributed by atoms with E-state index in [9.17, 15) is 28.1 Å². The van der Waals surface area contributed by atoms with E-state index in [4.69, 9.17) is 21.7 Å². The van der Waals surface area contributed by atoms with Crippen LogP contribution in [0.5, 0.6) is 17.4 Å². The number of carbonyl (C=O) groups is 1. The van der Waals surface area contributed by atoms with Crippen molar-refractivity contribution < 1.29 is 32.4 Å². The fraction of sp³-hybridized carbons (Fsp3) is 0.0870. The van der Waals surface area contributed by atoms with E-state index in [0.29, 0.717) is 5.56 Å². The summed E-state index contributed by atoms with van der Waals surface area (Å²) in [6.07, 6.45) is -1.97. The van der Waals surface area contributed by atoms with Crippen molar-refractivity contribution in [3.63, 3.8) is 0 Å². The monoisotopic (exact) mass is 533 g/mol. The van der Waals surface area contributed by atoms with Gasteiger partial charge in [-0.25, -0.2) is 4.98 Å². The van der Waals surface area contributed by atoms with Gasteiger partial charge in [-0.2, -0.15) is 13.2 Å². The molecular formula is C23H14F3N3O5S2. The van der Waals surface area contributed by atoms with Gasteiger partial charge in [0.05, 0.1) is 28.2 Å². The van der Waals surface area contributed by atoms with E-state index in [1.807, 2.05) is 0 Å². The number of nitro groups is 1. The molecule has 0 bridgehead atoms. The molecule has 1 amide bonds. The molecule has 36 heavy (non-hydrogen) atoms. The summed E-state index contributed by atoms with van der Waals surface area (Å²) in [5.74, 6) is 0.108. The average Bonchev–Trinajstić information content (AvgIpc) is 3.12. The van der Waals surface area contributed by atoms with E-state index in [1.165, 1.54) is 37.5 Å². The number of methoxy groups -OCH3 is 1. The number of ether oxygens (including phenoxy) is 2. The quantitative estimate of drug-likeness (QED) is 0.160. The van der Waals surface area contributed by atoms with Crippen LogP contribution in [0.1, 0.15) is 11.1 Å². The number of halogens is 3. The predicted molar refractivity (Wildman–Crippen MR) is 131 cm³/mol. The summed E-state index contributed by atoms with van der Waals surface area (Å²) in [6.45, 7) is 0. The highest BCUT2D eigenvalue weighted by atomic mass is 32.2. The fourth-order valence-electron chi connectivity index (χ4n) is 3.17. The van der Waals surface area contributed by atoms with Gasteiger partial charge in [-0.05, 0) is 42.0 Å². The van der Waals surface area contributed by atoms with Crippen molar-refractivity contribution in [3.05, 3.63) is 86.9 Å². The molecule has 0 atom stereocenters. The second-order valence-electron chi connectivity index (χ2n) is 7.19. The van der Waals surface area contributed by atoms with Gasteiger partial charge in [0.25, 0.3) is 11.6 Å². The maximum atomic E-state index is 13.1. The summed E-state index contributed by atoms with van der Waals surface area (Å²) in [6, 6.07) is 11.7. The van der Waals surface area contributed by atoms with E-state index >= 15 is 0 Å². The normalized spacial score (nSPS) is 14.9. The molecular weight excluding hydrogens is 519 g/mol. The molecule has 0 unspecified atom stereocenters. The summed E-state index contributed by atoms with van der Waals surface area (Å²) >= 11 is 6.21. The average molecular weight is 534 g/mol. The van der Waals surface area contributed by atoms with E-state index in [-0.39, 0.29) is 38.0 Å². The van der Waals surface area contributed by atoms with Gasteiger partial charge < -0.3 is 9.47 Å². The Hall–Kier alpha value is -3.97. The zero-order valence-electron chi connectivity index (χ0n) is 18.2. The molecule has 1 fully saturated rings. The Morgan fingerprint density at radius 1 is 1.14 bits per heavy atom. The molecule has 13 heteroatoms. The highest BCUT2D eigenvalue weighted by Crippen LogP contribution is 2.39. The molecule has 1 aliphatic heterocycles. The number of benzene rings is 2. The van der Waals surface area contributed by atoms with Gasteiger partial charge in [-0.1, -0.05) is 36.1 Å². The Morgan fingerprint density at radius 2 is 1.92 bits per heavy atom. The smallest absolute Gasteiger partial charge is 0.416 e. The molecule has 0 saturated carbocycles. The molecule has 4 rings (SSSR count). The van der Waals surface area contributed by atoms with E-state index in [1.54, 1.807) is 18.2 Å². The van der Waals surface area contributed by atoms with Crippen LogP contribution in [-0.4, -0.2) is 27.2 Å². The lowest BCUT2D eigenvalue weighted by Gasteiger charge is -2.16. The zero-order valence-corrected chi connectivity index (χ0v) is 19.8. The van der Waals surface area contributed by atoms with Crippen LogP contribution in [0, 0.1) is 10.1 Å². The van der Waals surface area contributed by atoms with Crippen LogP contribution >= 0.6 is 24.0 Å². The molecule has 8 nitrogen and oxygen atoms in total. The maximum Gasteiger partial charge on any atom is 0.416 e. The lowest BCUT2D eigenvalue weighted by Crippen LogP contribution is -2.27. The number of pyridine rings is 1. The first-order valence-electron chi connectivity index (χ1n) is 9.98. The Kier molecular flexibility index (Phi) is 6.95. The van der Waals surface area contributed by atoms with Crippen molar-refractivity contribution in [3.8, 4) is 17.4 Å². The number of alkyl halides is 3. The molecule has 0 radical (unpaired) electrons. The molecule has 0 aliphatic carbocycles. The Bertz CT molecular complexity index is 1390. The third-order valence-electron chi connectivity index (χ3n) is 4.86. The first-order chi connectivity index (χ1) is 17.1. The highest BCUT2D eigenvalue weighted by molar-refractivity contribution is 8.27. The molecule has 3 aromatic rings. The lowest BCUT2D eigenvalue weighted by atomic mass is 10.1. The topological polar surface area (TPSA) is 94.8 Å². The molecule has 184 valence electrons. The second-order valence-corrected chi connectivity index (χ2v) is 8.87. The number of rotatable bonds is 6. The molecule has 1 saturated heterocycles. The van der Waals surface area contributed by atoms with Gasteiger partial charge in [0.1, 0.15) is 6.20 Å². The predicted octanol–water partition coefficient (Wildman–Crippen LogP) is 6.22. The number of amides is 1. The number of thiocarbonyl (C=S) groups is 1. The van der Waals surface area contributed by atoms with Crippen LogP contribution in [0.3, 0.4) is 0 Å². The Morgan fingerprint density at radius 3 is 2.56 bits per heavy atom. The first-order valence-corrected chi connectivity index (χ1v) is 11.2. The number of thioether (sulfide) groups is 1. The van der Waals surface area contributed by atoms with Crippen molar-refractivity contribution in [2.24, 2.45) is 0 Å². The molecule has 0 spiro atoms. The van der Waals surface area contributed by atoms with Crippen LogP contribution in [0.4, 0.5) is 24.5 Å². The third kappa shape index (κ3) is 5.31. The Balaban J connectivity index is 1.57. The maximum absolute atomic E-state index is 13.1. The third-order valence-corrected chi connectivity index (χ3v) is 6.16. The minimum absolute atomic E-state index is 0.0210. The van der Waals surface area contributed by atoms with E-state index in [0.717, 1.165) is 35.0 Å². The fourth-order valence-corrected chi connectivity index (χ4v) is 4.47. The first kappa shape index (κ1) is 25.1. The number of aromatic nitrogens is 1. The number of hydrogen-bond donors (Lipinski definition) is 0. The van der Waals surface area contributed by atoms with Crippen molar-refractivity contribution in [2.75, 3.05) is 12.0 Å². The number of nitrogens with zero attached hydrogens (tertiary/aromatic N) is 3. The molecule has 0 N–H and O–H groups in total. The van der Waals surface area contributed by atoms with Crippen molar-refractivity contribution in [1.29, 1.82) is 0 Å². The summed E-state index contributed by atoms with van der Waals surface area (Å²) in [7, 11) is 1.41. The van der Waals surface area contributed by atoms with Crippen LogP contribution in [0.2, 0.25) is 0 Å². The van der Waals surface area contributed by atoms with E-state index in [2.05, 4.69) is 4.98 Å². The summed E-state index contributed by atoms with van der Waals surface area (Å²) in [4.78, 5) is 28.3. The minimum atomic E-state index is -4.56. The SMILES string of the molecule is COc1cc(/C=C2\SC(=S)N(c3cccc(C(F)(F)F)c3)C2=O)ccc1Oc1ccc([N+](=O)[O-])cn1. The van der Waals surface area contributed by atoms with Crippen LogP contribution in [0.15, 0.2) is 65.7 Å². The van der Waals surface area contributed by atoms with Gasteiger partial charge in [-0.3, -0.25) is 19.8 Å². The molecule has 1 aliphatic rings. The Labute approximate surface area is 211 Å². The van der Waals surface area contributed by atoms with Crippen LogP contribution in [0.25, 0.3) is 6.08 Å². The minimum Gasteiger partial charge on any atom is -0.493 e. The lowest BCUT2D eigenvalue weighted by molar-refractivity contribution is -0.385. The molecule has 2 heterocycles. The van der Waals surface area contributed by atoms with Gasteiger partial charge >= 0.3 is 6.18 Å². The number of hydrogen-bond acceptors (Lipinski definition) is 8. The standard InChI is InChI=1S/C23H14F3N3O5S2/c1-33-18-9-13(5-7-17(18)34-20-8-6-16(12-27-20)29(31)32)10-19-21(30)28(22(35)36-19)15-4-2-3-14(11-15)23(24,25)26/h2-12H,1H3/b19-10-. The zero-order chi connectivity index (χ0) is 26.0.